The number of benzene rings is 2. The first-order chi connectivity index (χ1) is 13.1. The molecule has 0 saturated carbocycles. The molecule has 0 spiro atoms. The number of carbonyl (C=O) groups is 2. The molecule has 0 unspecified atom stereocenters. The van der Waals surface area contributed by atoms with Crippen molar-refractivity contribution in [2.24, 2.45) is 0 Å². The van der Waals surface area contributed by atoms with E-state index in [0.29, 0.717) is 0 Å². The van der Waals surface area contributed by atoms with E-state index >= 15 is 0 Å². The van der Waals surface area contributed by atoms with Crippen molar-refractivity contribution in [3.63, 3.8) is 0 Å². The molecule has 0 radical (unpaired) electrons. The summed E-state index contributed by atoms with van der Waals surface area (Å²) in [5.41, 5.74) is -1.30. The first kappa shape index (κ1) is 19.5. The number of alkyl halides is 3. The van der Waals surface area contributed by atoms with Crippen LogP contribution >= 0.6 is 0 Å². The maximum absolute atomic E-state index is 13.6. The van der Waals surface area contributed by atoms with Crippen molar-refractivity contribution in [1.29, 1.82) is 0 Å². The Kier molecular flexibility index (Phi) is 4.93. The Balaban J connectivity index is 1.77. The van der Waals surface area contributed by atoms with Gasteiger partial charge in [-0.1, -0.05) is 12.1 Å². The van der Waals surface area contributed by atoms with E-state index in [0.717, 1.165) is 35.2 Å². The summed E-state index contributed by atoms with van der Waals surface area (Å²) < 4.78 is 65.7. The highest BCUT2D eigenvalue weighted by Gasteiger charge is 2.33. The number of halogens is 5. The Bertz CT molecular complexity index is 975. The molecule has 1 heterocycles. The number of imide groups is 1. The molecule has 0 fully saturated rings. The van der Waals surface area contributed by atoms with Crippen molar-refractivity contribution in [1.82, 2.24) is 4.90 Å². The van der Waals surface area contributed by atoms with Gasteiger partial charge in [0.1, 0.15) is 17.3 Å². The van der Waals surface area contributed by atoms with Crippen LogP contribution in [0.2, 0.25) is 0 Å². The number of hydrogen-bond donors (Lipinski definition) is 1. The Labute approximate surface area is 156 Å². The molecular formula is C19H13F5N2O2. The quantitative estimate of drug-likeness (QED) is 0.624. The maximum Gasteiger partial charge on any atom is 0.416 e. The van der Waals surface area contributed by atoms with Gasteiger partial charge in [0.2, 0.25) is 0 Å². The summed E-state index contributed by atoms with van der Waals surface area (Å²) in [5.74, 6) is -3.23. The minimum atomic E-state index is -4.56. The normalized spacial score (nSPS) is 14.5. The van der Waals surface area contributed by atoms with Gasteiger partial charge < -0.3 is 5.32 Å². The Hall–Kier alpha value is -3.23. The Morgan fingerprint density at radius 2 is 1.68 bits per heavy atom. The summed E-state index contributed by atoms with van der Waals surface area (Å²) in [4.78, 5) is 25.2. The number of nitrogens with one attached hydrogen (secondary N) is 1. The lowest BCUT2D eigenvalue weighted by atomic mass is 10.1. The van der Waals surface area contributed by atoms with Crippen molar-refractivity contribution in [2.45, 2.75) is 19.6 Å². The smallest absolute Gasteiger partial charge is 0.351 e. The van der Waals surface area contributed by atoms with Crippen LogP contribution in [-0.2, 0) is 22.3 Å². The number of anilines is 1. The molecule has 1 aliphatic heterocycles. The third-order valence-electron chi connectivity index (χ3n) is 4.16. The highest BCUT2D eigenvalue weighted by Crippen LogP contribution is 2.30. The SMILES string of the molecule is Cc1c(F)cc(NC2=CC(=O)N(Cc3cccc(C(F)(F)F)c3)C2=O)cc1F. The predicted molar refractivity (Wildman–Crippen MR) is 89.8 cm³/mol. The average molecular weight is 396 g/mol. The molecule has 0 atom stereocenters. The van der Waals surface area contributed by atoms with Gasteiger partial charge >= 0.3 is 6.18 Å². The second kappa shape index (κ2) is 7.06. The highest BCUT2D eigenvalue weighted by molar-refractivity contribution is 6.17. The minimum Gasteiger partial charge on any atom is -0.351 e. The Morgan fingerprint density at radius 1 is 1.04 bits per heavy atom. The van der Waals surface area contributed by atoms with Crippen LogP contribution in [0.15, 0.2) is 48.2 Å². The molecule has 2 aromatic carbocycles. The van der Waals surface area contributed by atoms with E-state index in [1.165, 1.54) is 19.1 Å². The van der Waals surface area contributed by atoms with Crippen molar-refractivity contribution in [3.05, 3.63) is 76.5 Å². The molecular weight excluding hydrogens is 383 g/mol. The summed E-state index contributed by atoms with van der Waals surface area (Å²) in [6.45, 7) is 0.870. The number of hydrogen-bond acceptors (Lipinski definition) is 3. The van der Waals surface area contributed by atoms with Gasteiger partial charge in [0.25, 0.3) is 11.8 Å². The molecule has 0 saturated heterocycles. The largest absolute Gasteiger partial charge is 0.416 e. The van der Waals surface area contributed by atoms with Crippen LogP contribution in [0.4, 0.5) is 27.6 Å². The summed E-state index contributed by atoms with van der Waals surface area (Å²) >= 11 is 0. The molecule has 0 aromatic heterocycles. The van der Waals surface area contributed by atoms with Crippen molar-refractivity contribution >= 4 is 17.5 Å². The fourth-order valence-electron chi connectivity index (χ4n) is 2.65. The minimum absolute atomic E-state index is 0.0751. The molecule has 1 N–H and O–H groups in total. The van der Waals surface area contributed by atoms with Gasteiger partial charge in [0, 0.05) is 17.3 Å². The predicted octanol–water partition coefficient (Wildman–Crippen LogP) is 4.16. The third-order valence-corrected chi connectivity index (χ3v) is 4.16. The van der Waals surface area contributed by atoms with Gasteiger partial charge in [-0.15, -0.1) is 0 Å². The third kappa shape index (κ3) is 3.88. The monoisotopic (exact) mass is 396 g/mol. The van der Waals surface area contributed by atoms with E-state index in [-0.39, 0.29) is 29.1 Å². The van der Waals surface area contributed by atoms with E-state index in [1.807, 2.05) is 0 Å². The lowest BCUT2D eigenvalue weighted by molar-refractivity contribution is -0.138. The highest BCUT2D eigenvalue weighted by atomic mass is 19.4. The van der Waals surface area contributed by atoms with Crippen molar-refractivity contribution in [2.75, 3.05) is 5.32 Å². The van der Waals surface area contributed by atoms with Crippen LogP contribution in [0.5, 0.6) is 0 Å². The number of rotatable bonds is 4. The van der Waals surface area contributed by atoms with E-state index in [1.54, 1.807) is 0 Å². The standard InChI is InChI=1S/C19H13F5N2O2/c1-10-14(20)6-13(7-15(10)21)25-16-8-17(27)26(18(16)28)9-11-3-2-4-12(5-11)19(22,23)24/h2-8,25H,9H2,1H3. The van der Waals surface area contributed by atoms with Gasteiger partial charge in [0.15, 0.2) is 0 Å². The average Bonchev–Trinajstić information content (AvgIpc) is 2.86. The molecule has 0 aliphatic carbocycles. The fraction of sp³-hybridized carbons (Fsp3) is 0.158. The first-order valence-corrected chi connectivity index (χ1v) is 8.02. The Morgan fingerprint density at radius 3 is 2.29 bits per heavy atom. The van der Waals surface area contributed by atoms with Gasteiger partial charge in [0.05, 0.1) is 12.1 Å². The van der Waals surface area contributed by atoms with E-state index in [4.69, 9.17) is 0 Å². The van der Waals surface area contributed by atoms with Crippen LogP contribution in [-0.4, -0.2) is 16.7 Å². The fourth-order valence-corrected chi connectivity index (χ4v) is 2.65. The summed E-state index contributed by atoms with van der Waals surface area (Å²) in [5, 5.41) is 2.47. The van der Waals surface area contributed by atoms with E-state index in [2.05, 4.69) is 5.32 Å². The van der Waals surface area contributed by atoms with Crippen LogP contribution in [0.3, 0.4) is 0 Å². The maximum atomic E-state index is 13.6. The second-order valence-corrected chi connectivity index (χ2v) is 6.18. The first-order valence-electron chi connectivity index (χ1n) is 8.02. The zero-order valence-electron chi connectivity index (χ0n) is 14.4. The molecule has 2 amide bonds. The van der Waals surface area contributed by atoms with Gasteiger partial charge in [-0.05, 0) is 36.8 Å². The molecule has 4 nitrogen and oxygen atoms in total. The summed E-state index contributed by atoms with van der Waals surface area (Å²) in [6, 6.07) is 6.18. The molecule has 2 aromatic rings. The molecule has 146 valence electrons. The lowest BCUT2D eigenvalue weighted by Gasteiger charge is -2.16. The zero-order chi connectivity index (χ0) is 20.6. The van der Waals surface area contributed by atoms with Crippen LogP contribution < -0.4 is 5.32 Å². The van der Waals surface area contributed by atoms with E-state index in [9.17, 15) is 31.5 Å². The van der Waals surface area contributed by atoms with E-state index < -0.39 is 35.2 Å². The summed E-state index contributed by atoms with van der Waals surface area (Å²) in [6.07, 6.45) is -3.63. The lowest BCUT2D eigenvalue weighted by Crippen LogP contribution is -2.31. The van der Waals surface area contributed by atoms with Gasteiger partial charge in [-0.3, -0.25) is 14.5 Å². The topological polar surface area (TPSA) is 49.4 Å². The number of nitrogens with zero attached hydrogens (tertiary/aromatic N) is 1. The summed E-state index contributed by atoms with van der Waals surface area (Å²) in [7, 11) is 0. The second-order valence-electron chi connectivity index (χ2n) is 6.18. The van der Waals surface area contributed by atoms with Crippen LogP contribution in [0.25, 0.3) is 0 Å². The molecule has 0 bridgehead atoms. The molecule has 3 rings (SSSR count). The van der Waals surface area contributed by atoms with Crippen molar-refractivity contribution < 1.29 is 31.5 Å². The molecule has 9 heteroatoms. The number of carbonyl (C=O) groups excluding carboxylic acids is 2. The van der Waals surface area contributed by atoms with Crippen molar-refractivity contribution in [3.8, 4) is 0 Å². The van der Waals surface area contributed by atoms with Crippen LogP contribution in [0, 0.1) is 18.6 Å². The number of amides is 2. The zero-order valence-corrected chi connectivity index (χ0v) is 14.4. The molecule has 28 heavy (non-hydrogen) atoms. The van der Waals surface area contributed by atoms with Gasteiger partial charge in [-0.2, -0.15) is 13.2 Å². The molecule has 1 aliphatic rings. The van der Waals surface area contributed by atoms with Crippen LogP contribution in [0.1, 0.15) is 16.7 Å². The van der Waals surface area contributed by atoms with Gasteiger partial charge in [-0.25, -0.2) is 8.78 Å².